The van der Waals surface area contributed by atoms with Crippen molar-refractivity contribution in [1.82, 2.24) is 4.98 Å². The third-order valence-electron chi connectivity index (χ3n) is 5.15. The van der Waals surface area contributed by atoms with Gasteiger partial charge in [0.15, 0.2) is 5.13 Å². The second-order valence-corrected chi connectivity index (χ2v) is 8.06. The molecule has 1 atom stereocenters. The van der Waals surface area contributed by atoms with E-state index in [0.29, 0.717) is 21.3 Å². The van der Waals surface area contributed by atoms with Crippen LogP contribution in [0, 0.1) is 5.82 Å². The second kappa shape index (κ2) is 7.45. The largest absolute Gasteiger partial charge is 0.507 e. The van der Waals surface area contributed by atoms with E-state index in [-0.39, 0.29) is 16.5 Å². The van der Waals surface area contributed by atoms with Crippen LogP contribution in [0.5, 0.6) is 0 Å². The van der Waals surface area contributed by atoms with Gasteiger partial charge in [0.05, 0.1) is 21.8 Å². The van der Waals surface area contributed by atoms with Crippen LogP contribution < -0.4 is 4.90 Å². The van der Waals surface area contributed by atoms with Crippen molar-refractivity contribution in [2.24, 2.45) is 0 Å². The highest BCUT2D eigenvalue weighted by Gasteiger charge is 2.48. The van der Waals surface area contributed by atoms with Gasteiger partial charge in [-0.15, -0.1) is 0 Å². The summed E-state index contributed by atoms with van der Waals surface area (Å²) >= 11 is 1.12. The Labute approximate surface area is 180 Å². The Morgan fingerprint density at radius 2 is 1.65 bits per heavy atom. The molecule has 1 saturated heterocycles. The molecule has 2 heterocycles. The lowest BCUT2D eigenvalue weighted by atomic mass is 9.95. The van der Waals surface area contributed by atoms with Gasteiger partial charge in [-0.1, -0.05) is 72.0 Å². The number of nitrogens with zero attached hydrogens (tertiary/aromatic N) is 2. The Hall–Kier alpha value is -3.84. The number of anilines is 1. The first-order chi connectivity index (χ1) is 15.0. The van der Waals surface area contributed by atoms with E-state index in [9.17, 15) is 19.1 Å². The lowest BCUT2D eigenvalue weighted by Gasteiger charge is -2.22. The number of aromatic nitrogens is 1. The molecule has 1 aliphatic heterocycles. The van der Waals surface area contributed by atoms with E-state index in [2.05, 4.69) is 4.98 Å². The van der Waals surface area contributed by atoms with E-state index >= 15 is 0 Å². The minimum Gasteiger partial charge on any atom is -0.507 e. The molecule has 0 radical (unpaired) electrons. The highest BCUT2D eigenvalue weighted by Crippen LogP contribution is 2.44. The number of benzene rings is 3. The van der Waals surface area contributed by atoms with Crippen molar-refractivity contribution in [2.75, 3.05) is 4.90 Å². The molecule has 1 N–H and O–H groups in total. The molecule has 152 valence electrons. The van der Waals surface area contributed by atoms with Crippen molar-refractivity contribution in [2.45, 2.75) is 6.04 Å². The molecule has 3 aromatic carbocycles. The summed E-state index contributed by atoms with van der Waals surface area (Å²) in [5.74, 6) is -2.23. The zero-order valence-corrected chi connectivity index (χ0v) is 16.8. The first-order valence-electron chi connectivity index (χ1n) is 9.52. The van der Waals surface area contributed by atoms with E-state index in [4.69, 9.17) is 0 Å². The Bertz CT molecular complexity index is 1350. The minimum atomic E-state index is -0.855. The number of hydrogen-bond acceptors (Lipinski definition) is 5. The quantitative estimate of drug-likeness (QED) is 0.280. The lowest BCUT2D eigenvalue weighted by Crippen LogP contribution is -2.29. The molecule has 1 aliphatic rings. The molecule has 0 bridgehead atoms. The zero-order valence-electron chi connectivity index (χ0n) is 16.0. The average molecular weight is 430 g/mol. The Morgan fingerprint density at radius 3 is 2.35 bits per heavy atom. The van der Waals surface area contributed by atoms with Crippen LogP contribution in [0.3, 0.4) is 0 Å². The van der Waals surface area contributed by atoms with Crippen molar-refractivity contribution in [3.05, 3.63) is 101 Å². The maximum Gasteiger partial charge on any atom is 0.301 e. The number of fused-ring (bicyclic) bond motifs is 1. The number of carbonyl (C=O) groups is 2. The van der Waals surface area contributed by atoms with Crippen LogP contribution in [0.2, 0.25) is 0 Å². The van der Waals surface area contributed by atoms with E-state index in [1.165, 1.54) is 23.1 Å². The summed E-state index contributed by atoms with van der Waals surface area (Å²) in [7, 11) is 0. The molecular weight excluding hydrogens is 415 g/mol. The molecule has 1 aromatic heterocycles. The molecule has 0 spiro atoms. The van der Waals surface area contributed by atoms with Gasteiger partial charge in [-0.3, -0.25) is 14.5 Å². The van der Waals surface area contributed by atoms with Gasteiger partial charge in [-0.25, -0.2) is 9.37 Å². The van der Waals surface area contributed by atoms with Crippen LogP contribution in [0.1, 0.15) is 17.2 Å². The monoisotopic (exact) mass is 430 g/mol. The Morgan fingerprint density at radius 1 is 0.968 bits per heavy atom. The number of rotatable bonds is 3. The molecule has 31 heavy (non-hydrogen) atoms. The van der Waals surface area contributed by atoms with E-state index in [1.54, 1.807) is 54.6 Å². The van der Waals surface area contributed by atoms with Crippen molar-refractivity contribution in [1.29, 1.82) is 0 Å². The first kappa shape index (κ1) is 19.1. The molecule has 0 unspecified atom stereocenters. The number of thiazole rings is 1. The summed E-state index contributed by atoms with van der Waals surface area (Å²) in [6, 6.07) is 20.9. The fourth-order valence-corrected chi connectivity index (χ4v) is 4.74. The summed E-state index contributed by atoms with van der Waals surface area (Å²) in [6.07, 6.45) is 0. The van der Waals surface area contributed by atoms with Gasteiger partial charge in [0.1, 0.15) is 11.6 Å². The van der Waals surface area contributed by atoms with Crippen molar-refractivity contribution >= 4 is 44.1 Å². The van der Waals surface area contributed by atoms with Gasteiger partial charge in [-0.05, 0) is 23.8 Å². The molecule has 4 aromatic rings. The molecule has 5 nitrogen and oxygen atoms in total. The number of hydrogen-bond donors (Lipinski definition) is 1. The fourth-order valence-electron chi connectivity index (χ4n) is 3.72. The molecule has 1 fully saturated rings. The van der Waals surface area contributed by atoms with Gasteiger partial charge < -0.3 is 5.11 Å². The predicted octanol–water partition coefficient (Wildman–Crippen LogP) is 5.06. The zero-order chi connectivity index (χ0) is 21.5. The van der Waals surface area contributed by atoms with Gasteiger partial charge in [0.2, 0.25) is 0 Å². The summed E-state index contributed by atoms with van der Waals surface area (Å²) in [5, 5.41) is 11.3. The number of amides is 1. The van der Waals surface area contributed by atoms with Gasteiger partial charge in [0.25, 0.3) is 5.78 Å². The predicted molar refractivity (Wildman–Crippen MR) is 117 cm³/mol. The summed E-state index contributed by atoms with van der Waals surface area (Å²) < 4.78 is 14.2. The normalized spacial score (nSPS) is 18.1. The maximum atomic E-state index is 13.7. The number of aliphatic hydroxyl groups is 1. The Balaban J connectivity index is 1.73. The SMILES string of the molecule is O=C1C(=O)N(c2nc3ccc(F)cc3s2)[C@H](c2ccccc2)C1=C(O)c1ccccc1. The highest BCUT2D eigenvalue weighted by atomic mass is 32.1. The third kappa shape index (κ3) is 3.19. The number of halogens is 1. The molecular formula is C24H15FN2O3S. The summed E-state index contributed by atoms with van der Waals surface area (Å²) in [6.45, 7) is 0. The third-order valence-corrected chi connectivity index (χ3v) is 6.17. The number of carbonyl (C=O) groups excluding carboxylic acids is 2. The molecule has 0 saturated carbocycles. The molecule has 1 amide bonds. The molecule has 0 aliphatic carbocycles. The number of aliphatic hydroxyl groups excluding tert-OH is 1. The average Bonchev–Trinajstić information content (AvgIpc) is 3.32. The summed E-state index contributed by atoms with van der Waals surface area (Å²) in [4.78, 5) is 31.9. The van der Waals surface area contributed by atoms with Gasteiger partial charge >= 0.3 is 5.91 Å². The first-order valence-corrected chi connectivity index (χ1v) is 10.3. The molecule has 5 rings (SSSR count). The standard InChI is InChI=1S/C24H15FN2O3S/c25-16-11-12-17-18(13-16)31-24(26-17)27-20(14-7-3-1-4-8-14)19(22(29)23(27)30)21(28)15-9-5-2-6-10-15/h1-13,20,28H/t20-/m1/s1. The van der Waals surface area contributed by atoms with Crippen LogP contribution in [0.25, 0.3) is 16.0 Å². The number of Topliss-reactive ketones (excluding diaryl/α,β-unsaturated/α-hetero) is 1. The van der Waals surface area contributed by atoms with E-state index in [0.717, 1.165) is 11.3 Å². The van der Waals surface area contributed by atoms with E-state index in [1.807, 2.05) is 6.07 Å². The van der Waals surface area contributed by atoms with Crippen LogP contribution in [-0.4, -0.2) is 21.8 Å². The smallest absolute Gasteiger partial charge is 0.301 e. The minimum absolute atomic E-state index is 0.00663. The highest BCUT2D eigenvalue weighted by molar-refractivity contribution is 7.22. The number of ketones is 1. The Kier molecular flexibility index (Phi) is 4.60. The van der Waals surface area contributed by atoms with Gasteiger partial charge in [0, 0.05) is 5.56 Å². The second-order valence-electron chi connectivity index (χ2n) is 7.05. The fraction of sp³-hybridized carbons (Fsp3) is 0.0417. The van der Waals surface area contributed by atoms with Crippen molar-refractivity contribution in [3.63, 3.8) is 0 Å². The maximum absolute atomic E-state index is 13.7. The lowest BCUT2D eigenvalue weighted by molar-refractivity contribution is -0.132. The van der Waals surface area contributed by atoms with Crippen molar-refractivity contribution < 1.29 is 19.1 Å². The van der Waals surface area contributed by atoms with Crippen LogP contribution in [0.15, 0.2) is 84.4 Å². The van der Waals surface area contributed by atoms with Gasteiger partial charge in [-0.2, -0.15) is 0 Å². The van der Waals surface area contributed by atoms with Crippen LogP contribution in [0.4, 0.5) is 9.52 Å². The van der Waals surface area contributed by atoms with E-state index < -0.39 is 23.5 Å². The van der Waals surface area contributed by atoms with Crippen LogP contribution in [-0.2, 0) is 9.59 Å². The summed E-state index contributed by atoms with van der Waals surface area (Å²) in [5.41, 5.74) is 1.61. The van der Waals surface area contributed by atoms with Crippen LogP contribution >= 0.6 is 11.3 Å². The molecule has 7 heteroatoms. The van der Waals surface area contributed by atoms with Crippen molar-refractivity contribution in [3.8, 4) is 0 Å². The topological polar surface area (TPSA) is 70.5 Å².